The zero-order chi connectivity index (χ0) is 31.1. The molecule has 0 saturated heterocycles. The lowest BCUT2D eigenvalue weighted by Crippen LogP contribution is -2.53. The van der Waals surface area contributed by atoms with Gasteiger partial charge in [0.1, 0.15) is 12.2 Å². The molecule has 5 N–H and O–H groups in total. The monoisotopic (exact) mass is 594 g/mol. The Hall–Kier alpha value is -1.47. The van der Waals surface area contributed by atoms with Crippen molar-refractivity contribution < 1.29 is 25.2 Å². The summed E-state index contributed by atoms with van der Waals surface area (Å²) in [6.45, 7) is 3.95. The minimum atomic E-state index is -1.29. The average molecular weight is 594 g/mol. The number of allylic oxidation sites excluding steroid dienone is 6. The SMILES string of the molecule is CCCCC/C=C/CC/C=C/CC/C=C/CCCC(O)C(O)C(CO)NC(=O)C(O)CCCCCCCCCCCC. The molecule has 42 heavy (non-hydrogen) atoms. The maximum atomic E-state index is 12.4. The van der Waals surface area contributed by atoms with Crippen molar-refractivity contribution in [1.82, 2.24) is 5.32 Å². The fraction of sp³-hybridized carbons (Fsp3) is 0.806. The summed E-state index contributed by atoms with van der Waals surface area (Å²) in [5.74, 6) is -0.605. The van der Waals surface area contributed by atoms with E-state index in [1.807, 2.05) is 0 Å². The van der Waals surface area contributed by atoms with E-state index in [1.54, 1.807) is 0 Å². The Bertz CT molecular complexity index is 678. The van der Waals surface area contributed by atoms with Gasteiger partial charge in [0.05, 0.1) is 18.8 Å². The lowest BCUT2D eigenvalue weighted by Gasteiger charge is -2.27. The van der Waals surface area contributed by atoms with Gasteiger partial charge >= 0.3 is 0 Å². The van der Waals surface area contributed by atoms with Crippen molar-refractivity contribution >= 4 is 5.91 Å². The molecule has 4 atom stereocenters. The summed E-state index contributed by atoms with van der Waals surface area (Å²) in [6, 6.07) is -1.01. The molecule has 0 aliphatic heterocycles. The van der Waals surface area contributed by atoms with Crippen LogP contribution >= 0.6 is 0 Å². The molecule has 0 radical (unpaired) electrons. The lowest BCUT2D eigenvalue weighted by molar-refractivity contribution is -0.132. The molecule has 0 rings (SSSR count). The van der Waals surface area contributed by atoms with Gasteiger partial charge in [-0.2, -0.15) is 0 Å². The standard InChI is InChI=1S/C36H67NO5/c1-3-5-7-9-11-13-15-16-17-18-19-20-22-23-25-27-29-33(39)35(41)32(31-38)37-36(42)34(40)30-28-26-24-21-14-12-10-8-6-4-2/h11,13,17-18,22-23,32-35,38-41H,3-10,12,14-16,19-21,24-31H2,1-2H3,(H,37,42)/b13-11+,18-17+,23-22+. The highest BCUT2D eigenvalue weighted by molar-refractivity contribution is 5.80. The second-order valence-electron chi connectivity index (χ2n) is 11.8. The fourth-order valence-corrected chi connectivity index (χ4v) is 4.96. The van der Waals surface area contributed by atoms with Crippen LogP contribution in [0.25, 0.3) is 0 Å². The van der Waals surface area contributed by atoms with Gasteiger partial charge in [0.2, 0.25) is 5.91 Å². The number of rotatable bonds is 30. The summed E-state index contributed by atoms with van der Waals surface area (Å²) in [6.07, 6.45) is 33.1. The molecule has 0 fully saturated rings. The van der Waals surface area contributed by atoms with Crippen molar-refractivity contribution in [2.24, 2.45) is 0 Å². The lowest BCUT2D eigenvalue weighted by atomic mass is 10.00. The Morgan fingerprint density at radius 3 is 1.50 bits per heavy atom. The molecule has 0 aliphatic carbocycles. The number of hydrogen-bond donors (Lipinski definition) is 5. The zero-order valence-electron chi connectivity index (χ0n) is 27.2. The third kappa shape index (κ3) is 25.1. The van der Waals surface area contributed by atoms with Gasteiger partial charge in [0.25, 0.3) is 0 Å². The van der Waals surface area contributed by atoms with Crippen LogP contribution < -0.4 is 5.32 Å². The molecule has 6 nitrogen and oxygen atoms in total. The Balaban J connectivity index is 3.95. The number of amides is 1. The first-order chi connectivity index (χ1) is 20.5. The van der Waals surface area contributed by atoms with Crippen molar-refractivity contribution in [2.45, 2.75) is 179 Å². The van der Waals surface area contributed by atoms with Gasteiger partial charge in [-0.3, -0.25) is 4.79 Å². The molecule has 6 heteroatoms. The molecule has 0 bridgehead atoms. The molecule has 0 aromatic carbocycles. The Kier molecular flexibility index (Phi) is 29.9. The predicted octanol–water partition coefficient (Wildman–Crippen LogP) is 7.84. The first kappa shape index (κ1) is 40.5. The Labute approximate surface area is 258 Å². The van der Waals surface area contributed by atoms with Crippen LogP contribution in [-0.4, -0.2) is 57.3 Å². The highest BCUT2D eigenvalue weighted by atomic mass is 16.3. The molecule has 1 amide bonds. The van der Waals surface area contributed by atoms with E-state index in [9.17, 15) is 25.2 Å². The molecule has 4 unspecified atom stereocenters. The number of carbonyl (C=O) groups excluding carboxylic acids is 1. The van der Waals surface area contributed by atoms with Crippen LogP contribution in [0.2, 0.25) is 0 Å². The number of hydrogen-bond acceptors (Lipinski definition) is 5. The normalized spacial score (nSPS) is 15.1. The molecule has 246 valence electrons. The molecule has 0 aromatic rings. The van der Waals surface area contributed by atoms with Crippen molar-refractivity contribution in [3.8, 4) is 0 Å². The summed E-state index contributed by atoms with van der Waals surface area (Å²) in [4.78, 5) is 12.4. The van der Waals surface area contributed by atoms with E-state index in [0.717, 1.165) is 51.4 Å². The van der Waals surface area contributed by atoms with Crippen molar-refractivity contribution in [3.05, 3.63) is 36.5 Å². The van der Waals surface area contributed by atoms with Crippen LogP contribution in [0.1, 0.15) is 155 Å². The summed E-state index contributed by atoms with van der Waals surface area (Å²) < 4.78 is 0. The second kappa shape index (κ2) is 31.0. The summed E-state index contributed by atoms with van der Waals surface area (Å²) in [5, 5.41) is 43.2. The number of aliphatic hydroxyl groups excluding tert-OH is 4. The van der Waals surface area contributed by atoms with Crippen LogP contribution in [0.5, 0.6) is 0 Å². The van der Waals surface area contributed by atoms with Gasteiger partial charge in [-0.15, -0.1) is 0 Å². The van der Waals surface area contributed by atoms with Gasteiger partial charge in [0, 0.05) is 0 Å². The van der Waals surface area contributed by atoms with Gasteiger partial charge in [0.15, 0.2) is 0 Å². The largest absolute Gasteiger partial charge is 0.394 e. The highest BCUT2D eigenvalue weighted by Gasteiger charge is 2.28. The van der Waals surface area contributed by atoms with E-state index < -0.39 is 36.9 Å². The van der Waals surface area contributed by atoms with Crippen LogP contribution in [-0.2, 0) is 4.79 Å². The topological polar surface area (TPSA) is 110 Å². The maximum absolute atomic E-state index is 12.4. The summed E-state index contributed by atoms with van der Waals surface area (Å²) in [5.41, 5.74) is 0. The summed E-state index contributed by atoms with van der Waals surface area (Å²) in [7, 11) is 0. The van der Waals surface area contributed by atoms with Crippen LogP contribution in [0.15, 0.2) is 36.5 Å². The van der Waals surface area contributed by atoms with Crippen LogP contribution in [0.3, 0.4) is 0 Å². The number of aliphatic hydroxyl groups is 4. The molecule has 0 heterocycles. The average Bonchev–Trinajstić information content (AvgIpc) is 2.99. The van der Waals surface area contributed by atoms with E-state index in [4.69, 9.17) is 0 Å². The van der Waals surface area contributed by atoms with Crippen molar-refractivity contribution in [3.63, 3.8) is 0 Å². The van der Waals surface area contributed by atoms with Crippen LogP contribution in [0.4, 0.5) is 0 Å². The molecule has 0 aliphatic rings. The quantitative estimate of drug-likeness (QED) is 0.0431. The minimum absolute atomic E-state index is 0.359. The number of carbonyl (C=O) groups is 1. The molecule has 0 saturated carbocycles. The first-order valence-corrected chi connectivity index (χ1v) is 17.4. The maximum Gasteiger partial charge on any atom is 0.249 e. The van der Waals surface area contributed by atoms with E-state index in [1.165, 1.54) is 70.6 Å². The Morgan fingerprint density at radius 2 is 1.00 bits per heavy atom. The smallest absolute Gasteiger partial charge is 0.249 e. The van der Waals surface area contributed by atoms with E-state index >= 15 is 0 Å². The van der Waals surface area contributed by atoms with E-state index in [0.29, 0.717) is 19.3 Å². The van der Waals surface area contributed by atoms with E-state index in [-0.39, 0.29) is 0 Å². The van der Waals surface area contributed by atoms with Gasteiger partial charge in [-0.1, -0.05) is 127 Å². The molecular formula is C36H67NO5. The third-order valence-electron chi connectivity index (χ3n) is 7.81. The van der Waals surface area contributed by atoms with Crippen LogP contribution in [0, 0.1) is 0 Å². The minimum Gasteiger partial charge on any atom is -0.394 e. The van der Waals surface area contributed by atoms with Crippen molar-refractivity contribution in [2.75, 3.05) is 6.61 Å². The predicted molar refractivity (Wildman–Crippen MR) is 177 cm³/mol. The van der Waals surface area contributed by atoms with Gasteiger partial charge < -0.3 is 25.7 Å². The van der Waals surface area contributed by atoms with E-state index in [2.05, 4.69) is 55.6 Å². The zero-order valence-corrected chi connectivity index (χ0v) is 27.2. The first-order valence-electron chi connectivity index (χ1n) is 17.4. The molecular weight excluding hydrogens is 526 g/mol. The van der Waals surface area contributed by atoms with Gasteiger partial charge in [-0.25, -0.2) is 0 Å². The fourth-order valence-electron chi connectivity index (χ4n) is 4.96. The van der Waals surface area contributed by atoms with Crippen molar-refractivity contribution in [1.29, 1.82) is 0 Å². The molecule has 0 spiro atoms. The summed E-state index contributed by atoms with van der Waals surface area (Å²) >= 11 is 0. The number of unbranched alkanes of at least 4 members (excludes halogenated alkanes) is 15. The Morgan fingerprint density at radius 1 is 0.571 bits per heavy atom. The number of nitrogens with one attached hydrogen (secondary N) is 1. The second-order valence-corrected chi connectivity index (χ2v) is 11.8. The highest BCUT2D eigenvalue weighted by Crippen LogP contribution is 2.13. The molecule has 0 aromatic heterocycles. The third-order valence-corrected chi connectivity index (χ3v) is 7.81. The van der Waals surface area contributed by atoms with Gasteiger partial charge in [-0.05, 0) is 64.2 Å².